The van der Waals surface area contributed by atoms with Crippen LogP contribution >= 0.6 is 0 Å². The zero-order valence-electron chi connectivity index (χ0n) is 12.0. The van der Waals surface area contributed by atoms with Crippen LogP contribution in [0.25, 0.3) is 0 Å². The van der Waals surface area contributed by atoms with Gasteiger partial charge in [0, 0.05) is 6.04 Å². The van der Waals surface area contributed by atoms with Gasteiger partial charge < -0.3 is 5.32 Å². The van der Waals surface area contributed by atoms with Gasteiger partial charge in [-0.2, -0.15) is 8.78 Å². The summed E-state index contributed by atoms with van der Waals surface area (Å²) in [6.07, 6.45) is 1.04. The molecule has 1 saturated carbocycles. The molecule has 0 saturated heterocycles. The standard InChI is InChI=1S/C14H25F4N/c1-13(2,3)10-5-4-6-11(8-7-10)19-9-14(17,18)12(15)16/h10-12,19H,4-9H2,1-3H3. The molecule has 0 radical (unpaired) electrons. The molecule has 1 aliphatic carbocycles. The van der Waals surface area contributed by atoms with Gasteiger partial charge in [-0.15, -0.1) is 0 Å². The van der Waals surface area contributed by atoms with Crippen LogP contribution in [0.4, 0.5) is 17.6 Å². The largest absolute Gasteiger partial charge is 0.319 e. The molecule has 2 unspecified atom stereocenters. The summed E-state index contributed by atoms with van der Waals surface area (Å²) in [6, 6.07) is -0.0584. The zero-order valence-corrected chi connectivity index (χ0v) is 12.0. The van der Waals surface area contributed by atoms with Crippen molar-refractivity contribution < 1.29 is 17.6 Å². The lowest BCUT2D eigenvalue weighted by atomic mass is 9.76. The number of alkyl halides is 4. The molecule has 0 aromatic rings. The average Bonchev–Trinajstić information content (AvgIpc) is 2.50. The first kappa shape index (κ1) is 16.7. The highest BCUT2D eigenvalue weighted by atomic mass is 19.3. The number of rotatable bonds is 4. The molecule has 5 heteroatoms. The normalized spacial score (nSPS) is 26.5. The molecule has 1 aliphatic rings. The van der Waals surface area contributed by atoms with Gasteiger partial charge in [-0.3, -0.25) is 0 Å². The zero-order chi connectivity index (χ0) is 14.7. The van der Waals surface area contributed by atoms with E-state index in [1.165, 1.54) is 0 Å². The van der Waals surface area contributed by atoms with Crippen molar-refractivity contribution in [1.82, 2.24) is 5.32 Å². The lowest BCUT2D eigenvalue weighted by molar-refractivity contribution is -0.126. The third-order valence-electron chi connectivity index (χ3n) is 4.14. The van der Waals surface area contributed by atoms with Crippen molar-refractivity contribution in [2.24, 2.45) is 11.3 Å². The fourth-order valence-corrected chi connectivity index (χ4v) is 2.73. The van der Waals surface area contributed by atoms with Crippen molar-refractivity contribution in [3.63, 3.8) is 0 Å². The summed E-state index contributed by atoms with van der Waals surface area (Å²) in [5.41, 5.74) is 0.224. The molecular formula is C14H25F4N. The van der Waals surface area contributed by atoms with Crippen LogP contribution in [0.15, 0.2) is 0 Å². The Balaban J connectivity index is 2.42. The number of halogens is 4. The van der Waals surface area contributed by atoms with Crippen LogP contribution in [0.5, 0.6) is 0 Å². The Labute approximate surface area is 113 Å². The van der Waals surface area contributed by atoms with E-state index in [1.807, 2.05) is 0 Å². The maximum absolute atomic E-state index is 12.9. The average molecular weight is 283 g/mol. The van der Waals surface area contributed by atoms with E-state index in [0.717, 1.165) is 32.1 Å². The van der Waals surface area contributed by atoms with E-state index < -0.39 is 18.9 Å². The highest BCUT2D eigenvalue weighted by Gasteiger charge is 2.40. The van der Waals surface area contributed by atoms with E-state index in [9.17, 15) is 17.6 Å². The minimum atomic E-state index is -3.92. The number of hydrogen-bond donors (Lipinski definition) is 1. The second-order valence-corrected chi connectivity index (χ2v) is 6.71. The quantitative estimate of drug-likeness (QED) is 0.593. The van der Waals surface area contributed by atoms with E-state index in [4.69, 9.17) is 0 Å². The van der Waals surface area contributed by atoms with Crippen molar-refractivity contribution in [2.75, 3.05) is 6.54 Å². The molecule has 1 fully saturated rings. The van der Waals surface area contributed by atoms with Gasteiger partial charge in [0.25, 0.3) is 0 Å². The van der Waals surface area contributed by atoms with Crippen LogP contribution < -0.4 is 5.32 Å². The topological polar surface area (TPSA) is 12.0 Å². The van der Waals surface area contributed by atoms with Gasteiger partial charge in [0.2, 0.25) is 0 Å². The Kier molecular flexibility index (Phi) is 5.65. The molecule has 0 aromatic carbocycles. The molecular weight excluding hydrogens is 258 g/mol. The van der Waals surface area contributed by atoms with Gasteiger partial charge in [-0.05, 0) is 37.0 Å². The van der Waals surface area contributed by atoms with E-state index in [0.29, 0.717) is 5.92 Å². The molecule has 114 valence electrons. The van der Waals surface area contributed by atoms with E-state index in [1.54, 1.807) is 0 Å². The summed E-state index contributed by atoms with van der Waals surface area (Å²) in [4.78, 5) is 0. The number of hydrogen-bond acceptors (Lipinski definition) is 1. The SMILES string of the molecule is CC(C)(C)C1CCCC(NCC(F)(F)C(F)F)CC1. The fraction of sp³-hybridized carbons (Fsp3) is 1.00. The predicted molar refractivity (Wildman–Crippen MR) is 68.8 cm³/mol. The first-order valence-electron chi connectivity index (χ1n) is 7.02. The van der Waals surface area contributed by atoms with Crippen LogP contribution in [-0.2, 0) is 0 Å². The third kappa shape index (κ3) is 5.28. The van der Waals surface area contributed by atoms with Gasteiger partial charge in [-0.1, -0.05) is 27.2 Å². The van der Waals surface area contributed by atoms with Crippen LogP contribution in [0, 0.1) is 11.3 Å². The maximum atomic E-state index is 12.9. The molecule has 1 rings (SSSR count). The summed E-state index contributed by atoms with van der Waals surface area (Å²) in [5.74, 6) is -3.34. The Morgan fingerprint density at radius 2 is 1.68 bits per heavy atom. The monoisotopic (exact) mass is 283 g/mol. The van der Waals surface area contributed by atoms with Crippen molar-refractivity contribution in [2.45, 2.75) is 71.3 Å². The molecule has 0 heterocycles. The number of nitrogens with one attached hydrogen (secondary N) is 1. The van der Waals surface area contributed by atoms with E-state index in [-0.39, 0.29) is 11.5 Å². The summed E-state index contributed by atoms with van der Waals surface area (Å²) < 4.78 is 49.9. The smallest absolute Gasteiger partial charge is 0.308 e. The molecule has 1 N–H and O–H groups in total. The molecule has 0 aliphatic heterocycles. The molecule has 0 bridgehead atoms. The first-order chi connectivity index (χ1) is 8.63. The highest BCUT2D eigenvalue weighted by molar-refractivity contribution is 4.83. The Morgan fingerprint density at radius 1 is 1.05 bits per heavy atom. The van der Waals surface area contributed by atoms with Gasteiger partial charge in [0.05, 0.1) is 6.54 Å². The Hall–Kier alpha value is -0.320. The van der Waals surface area contributed by atoms with Crippen LogP contribution in [-0.4, -0.2) is 24.9 Å². The maximum Gasteiger partial charge on any atom is 0.319 e. The lowest BCUT2D eigenvalue weighted by Gasteiger charge is -2.29. The van der Waals surface area contributed by atoms with Gasteiger partial charge in [-0.25, -0.2) is 8.78 Å². The van der Waals surface area contributed by atoms with Crippen molar-refractivity contribution in [1.29, 1.82) is 0 Å². The van der Waals surface area contributed by atoms with Crippen LogP contribution in [0.3, 0.4) is 0 Å². The lowest BCUT2D eigenvalue weighted by Crippen LogP contribution is -2.43. The van der Waals surface area contributed by atoms with Gasteiger partial charge >= 0.3 is 12.3 Å². The second-order valence-electron chi connectivity index (χ2n) is 6.71. The molecule has 2 atom stereocenters. The summed E-state index contributed by atoms with van der Waals surface area (Å²) in [5, 5.41) is 2.63. The summed E-state index contributed by atoms with van der Waals surface area (Å²) in [7, 11) is 0. The second kappa shape index (κ2) is 6.42. The van der Waals surface area contributed by atoms with Crippen molar-refractivity contribution >= 4 is 0 Å². The minimum Gasteiger partial charge on any atom is -0.308 e. The highest BCUT2D eigenvalue weighted by Crippen LogP contribution is 2.36. The molecule has 19 heavy (non-hydrogen) atoms. The van der Waals surface area contributed by atoms with Crippen molar-refractivity contribution in [3.05, 3.63) is 0 Å². The Morgan fingerprint density at radius 3 is 2.21 bits per heavy atom. The summed E-state index contributed by atoms with van der Waals surface area (Å²) in [6.45, 7) is 5.65. The van der Waals surface area contributed by atoms with E-state index >= 15 is 0 Å². The molecule has 0 aromatic heterocycles. The Bertz CT molecular complexity index is 273. The molecule has 0 spiro atoms. The van der Waals surface area contributed by atoms with Crippen LogP contribution in [0.2, 0.25) is 0 Å². The summed E-state index contributed by atoms with van der Waals surface area (Å²) >= 11 is 0. The van der Waals surface area contributed by atoms with E-state index in [2.05, 4.69) is 26.1 Å². The van der Waals surface area contributed by atoms with Gasteiger partial charge in [0.1, 0.15) is 0 Å². The molecule has 0 amide bonds. The van der Waals surface area contributed by atoms with Gasteiger partial charge in [0.15, 0.2) is 0 Å². The first-order valence-corrected chi connectivity index (χ1v) is 7.02. The predicted octanol–water partition coefficient (Wildman–Crippen LogP) is 4.47. The minimum absolute atomic E-state index is 0.0584. The molecule has 1 nitrogen and oxygen atoms in total. The fourth-order valence-electron chi connectivity index (χ4n) is 2.73. The van der Waals surface area contributed by atoms with Crippen LogP contribution in [0.1, 0.15) is 52.9 Å². The third-order valence-corrected chi connectivity index (χ3v) is 4.14. The van der Waals surface area contributed by atoms with Crippen molar-refractivity contribution in [3.8, 4) is 0 Å².